The summed E-state index contributed by atoms with van der Waals surface area (Å²) < 4.78 is 46.2. The molecular weight excluding hydrogens is 555 g/mol. The minimum atomic E-state index is -4.54. The number of amides is 1. The first-order valence-electron chi connectivity index (χ1n) is 13.5. The van der Waals surface area contributed by atoms with Crippen LogP contribution in [0.15, 0.2) is 103 Å². The van der Waals surface area contributed by atoms with E-state index in [1.165, 1.54) is 13.2 Å². The van der Waals surface area contributed by atoms with Crippen molar-refractivity contribution in [2.75, 3.05) is 19.0 Å². The van der Waals surface area contributed by atoms with Crippen molar-refractivity contribution in [3.8, 4) is 11.1 Å². The molecule has 1 amide bonds. The number of hydrogen-bond donors (Lipinski definition) is 2. The fourth-order valence-electron chi connectivity index (χ4n) is 4.87. The minimum Gasteiger partial charge on any atom is -0.468 e. The molecule has 0 aliphatic carbocycles. The number of para-hydroxylation sites is 1. The lowest BCUT2D eigenvalue weighted by atomic mass is 9.91. The number of carbonyl (C=O) groups excluding carboxylic acids is 2. The molecule has 1 aromatic heterocycles. The number of pyridine rings is 1. The average Bonchev–Trinajstić information content (AvgIpc) is 3.02. The third kappa shape index (κ3) is 7.01. The van der Waals surface area contributed by atoms with Gasteiger partial charge in [-0.3, -0.25) is 14.6 Å². The molecule has 9 heteroatoms. The van der Waals surface area contributed by atoms with Crippen molar-refractivity contribution >= 4 is 28.5 Å². The summed E-state index contributed by atoms with van der Waals surface area (Å²) in [5.41, 5.74) is 4.54. The largest absolute Gasteiger partial charge is 0.468 e. The fraction of sp³-hybridized carbons (Fsp3) is 0.147. The maximum absolute atomic E-state index is 13.9. The lowest BCUT2D eigenvalue weighted by Gasteiger charge is -2.17. The first-order valence-corrected chi connectivity index (χ1v) is 13.5. The van der Waals surface area contributed by atoms with Crippen LogP contribution < -0.4 is 10.6 Å². The van der Waals surface area contributed by atoms with Crippen LogP contribution in [0.25, 0.3) is 22.0 Å². The molecular formula is C34H28F3N3O3. The number of carbonyl (C=O) groups is 2. The Morgan fingerprint density at radius 1 is 0.860 bits per heavy atom. The Labute approximate surface area is 246 Å². The number of alkyl halides is 3. The quantitative estimate of drug-likeness (QED) is 0.182. The number of methoxy groups -OCH3 is 1. The van der Waals surface area contributed by atoms with Crippen LogP contribution in [0.1, 0.15) is 32.6 Å². The zero-order chi connectivity index (χ0) is 30.4. The highest BCUT2D eigenvalue weighted by atomic mass is 19.4. The minimum absolute atomic E-state index is 0.0871. The van der Waals surface area contributed by atoms with Gasteiger partial charge in [0.05, 0.1) is 18.2 Å². The summed E-state index contributed by atoms with van der Waals surface area (Å²) in [6.07, 6.45) is -2.48. The van der Waals surface area contributed by atoms with Gasteiger partial charge in [-0.25, -0.2) is 0 Å². The number of rotatable bonds is 9. The van der Waals surface area contributed by atoms with Gasteiger partial charge in [0.1, 0.15) is 6.54 Å². The summed E-state index contributed by atoms with van der Waals surface area (Å²) in [6, 6.07) is 28.4. The Kier molecular flexibility index (Phi) is 8.71. The first-order chi connectivity index (χ1) is 20.7. The van der Waals surface area contributed by atoms with E-state index >= 15 is 0 Å². The van der Waals surface area contributed by atoms with Crippen molar-refractivity contribution in [3.63, 3.8) is 0 Å². The van der Waals surface area contributed by atoms with Crippen molar-refractivity contribution in [1.29, 1.82) is 0 Å². The van der Waals surface area contributed by atoms with E-state index < -0.39 is 17.7 Å². The highest BCUT2D eigenvalue weighted by molar-refractivity contribution is 5.98. The van der Waals surface area contributed by atoms with Gasteiger partial charge in [-0.2, -0.15) is 13.2 Å². The van der Waals surface area contributed by atoms with E-state index in [-0.39, 0.29) is 18.0 Å². The molecule has 43 heavy (non-hydrogen) atoms. The van der Waals surface area contributed by atoms with Gasteiger partial charge in [-0.1, -0.05) is 66.7 Å². The van der Waals surface area contributed by atoms with Gasteiger partial charge in [0.15, 0.2) is 0 Å². The first kappa shape index (κ1) is 29.3. The van der Waals surface area contributed by atoms with Crippen LogP contribution in [0.4, 0.5) is 18.9 Å². The molecule has 0 atom stereocenters. The van der Waals surface area contributed by atoms with Crippen LogP contribution in [0.2, 0.25) is 0 Å². The van der Waals surface area contributed by atoms with E-state index in [1.807, 2.05) is 54.6 Å². The van der Waals surface area contributed by atoms with Gasteiger partial charge in [0.2, 0.25) is 0 Å². The van der Waals surface area contributed by atoms with E-state index in [1.54, 1.807) is 36.5 Å². The van der Waals surface area contributed by atoms with Crippen LogP contribution in [0.5, 0.6) is 0 Å². The molecule has 1 heterocycles. The summed E-state index contributed by atoms with van der Waals surface area (Å²) >= 11 is 0. The second-order valence-corrected chi connectivity index (χ2v) is 9.91. The fourth-order valence-corrected chi connectivity index (χ4v) is 4.87. The maximum atomic E-state index is 13.9. The van der Waals surface area contributed by atoms with E-state index in [0.717, 1.165) is 34.0 Å². The molecule has 0 aliphatic heterocycles. The molecule has 5 aromatic rings. The molecule has 0 saturated heterocycles. The molecule has 5 rings (SSSR count). The molecule has 0 saturated carbocycles. The number of esters is 1. The zero-order valence-electron chi connectivity index (χ0n) is 23.2. The van der Waals surface area contributed by atoms with E-state index in [4.69, 9.17) is 0 Å². The monoisotopic (exact) mass is 583 g/mol. The average molecular weight is 584 g/mol. The number of fused-ring (bicyclic) bond motifs is 1. The summed E-state index contributed by atoms with van der Waals surface area (Å²) in [5, 5.41) is 6.29. The van der Waals surface area contributed by atoms with Crippen molar-refractivity contribution in [2.45, 2.75) is 19.1 Å². The van der Waals surface area contributed by atoms with Gasteiger partial charge in [-0.05, 0) is 64.6 Å². The van der Waals surface area contributed by atoms with Crippen LogP contribution >= 0.6 is 0 Å². The molecule has 0 unspecified atom stereocenters. The predicted molar refractivity (Wildman–Crippen MR) is 160 cm³/mol. The Morgan fingerprint density at radius 2 is 1.60 bits per heavy atom. The molecule has 0 radical (unpaired) electrons. The Hall–Kier alpha value is -5.18. The SMILES string of the molecule is COC(=O)CNC(=O)c1ccc(CNc2cccc(-c3c(Cc4ccccc4)cnc4c(C(F)(F)F)cccc34)c2)cc1. The third-order valence-electron chi connectivity index (χ3n) is 7.00. The number of ether oxygens (including phenoxy) is 1. The van der Waals surface area contributed by atoms with Crippen molar-refractivity contribution in [2.24, 2.45) is 0 Å². The van der Waals surface area contributed by atoms with E-state index in [9.17, 15) is 22.8 Å². The van der Waals surface area contributed by atoms with Gasteiger partial charge < -0.3 is 15.4 Å². The molecule has 4 aromatic carbocycles. The summed E-state index contributed by atoms with van der Waals surface area (Å²) in [7, 11) is 1.25. The number of hydrogen-bond acceptors (Lipinski definition) is 5. The predicted octanol–water partition coefficient (Wildman–Crippen LogP) is 7.03. The third-order valence-corrected chi connectivity index (χ3v) is 7.00. The Balaban J connectivity index is 1.42. The van der Waals surface area contributed by atoms with Crippen LogP contribution in [0.3, 0.4) is 0 Å². The van der Waals surface area contributed by atoms with E-state index in [2.05, 4.69) is 20.4 Å². The standard InChI is InChI=1S/C34H28F3N3O3/c1-43-30(41)21-40-33(42)24-15-13-23(14-16-24)19-38-27-10-5-9-25(18-27)31-26(17-22-7-3-2-4-8-22)20-39-32-28(31)11-6-12-29(32)34(35,36)37/h2-16,18,20,38H,17,19,21H2,1H3,(H,40,42). The number of aromatic nitrogens is 1. The summed E-state index contributed by atoms with van der Waals surface area (Å²) in [4.78, 5) is 27.8. The number of nitrogens with zero attached hydrogens (tertiary/aromatic N) is 1. The summed E-state index contributed by atoms with van der Waals surface area (Å²) in [5.74, 6) is -0.925. The lowest BCUT2D eigenvalue weighted by molar-refractivity contribution is -0.139. The second kappa shape index (κ2) is 12.8. The number of nitrogens with one attached hydrogen (secondary N) is 2. The van der Waals surface area contributed by atoms with Gasteiger partial charge in [-0.15, -0.1) is 0 Å². The molecule has 6 nitrogen and oxygen atoms in total. The molecule has 0 bridgehead atoms. The zero-order valence-corrected chi connectivity index (χ0v) is 23.2. The lowest BCUT2D eigenvalue weighted by Crippen LogP contribution is -2.30. The van der Waals surface area contributed by atoms with Crippen molar-refractivity contribution < 1.29 is 27.5 Å². The van der Waals surface area contributed by atoms with Gasteiger partial charge >= 0.3 is 12.1 Å². The highest BCUT2D eigenvalue weighted by Gasteiger charge is 2.33. The number of halogens is 3. The molecule has 218 valence electrons. The molecule has 0 fully saturated rings. The number of benzene rings is 4. The molecule has 0 aliphatic rings. The van der Waals surface area contributed by atoms with Crippen LogP contribution in [-0.2, 0) is 28.7 Å². The van der Waals surface area contributed by atoms with Crippen LogP contribution in [-0.4, -0.2) is 30.5 Å². The maximum Gasteiger partial charge on any atom is 0.418 e. The van der Waals surface area contributed by atoms with E-state index in [0.29, 0.717) is 29.5 Å². The second-order valence-electron chi connectivity index (χ2n) is 9.91. The van der Waals surface area contributed by atoms with Crippen molar-refractivity contribution in [3.05, 3.63) is 131 Å². The van der Waals surface area contributed by atoms with Crippen molar-refractivity contribution in [1.82, 2.24) is 10.3 Å². The number of anilines is 1. The Bertz CT molecular complexity index is 1750. The molecule has 0 spiro atoms. The highest BCUT2D eigenvalue weighted by Crippen LogP contribution is 2.39. The normalized spacial score (nSPS) is 11.3. The molecule has 2 N–H and O–H groups in total. The van der Waals surface area contributed by atoms with Gasteiger partial charge in [0.25, 0.3) is 5.91 Å². The topological polar surface area (TPSA) is 80.3 Å². The van der Waals surface area contributed by atoms with Crippen LogP contribution in [0, 0.1) is 0 Å². The summed E-state index contributed by atoms with van der Waals surface area (Å²) in [6.45, 7) is 0.228. The van der Waals surface area contributed by atoms with Gasteiger partial charge in [0, 0.05) is 29.4 Å². The smallest absolute Gasteiger partial charge is 0.418 e. The Morgan fingerprint density at radius 3 is 2.33 bits per heavy atom.